The number of benzene rings is 1. The fourth-order valence-corrected chi connectivity index (χ4v) is 5.19. The fraction of sp³-hybridized carbons (Fsp3) is 0.667. The molecule has 0 spiro atoms. The Balaban J connectivity index is 1.66. The summed E-state index contributed by atoms with van der Waals surface area (Å²) in [4.78, 5) is 4.49. The van der Waals surface area contributed by atoms with Crippen LogP contribution in [0, 0.1) is 6.92 Å². The summed E-state index contributed by atoms with van der Waals surface area (Å²) in [5, 5.41) is 8.08. The van der Waals surface area contributed by atoms with Gasteiger partial charge >= 0.3 is 0 Å². The summed E-state index contributed by atoms with van der Waals surface area (Å²) >= 11 is 1.99. The van der Waals surface area contributed by atoms with E-state index in [4.69, 9.17) is 4.74 Å². The second-order valence-electron chi connectivity index (χ2n) is 7.65. The molecule has 0 radical (unpaired) electrons. The number of nitrogens with one attached hydrogen (secondary N) is 2. The number of thioether (sulfide) groups is 1. The zero-order valence-electron chi connectivity index (χ0n) is 16.4. The lowest BCUT2D eigenvalue weighted by Crippen LogP contribution is -2.50. The van der Waals surface area contributed by atoms with E-state index >= 15 is 0 Å². The number of aryl methyl sites for hydroxylation is 1. The SMILES string of the molecule is CN=C(NCC1(c2ccccc2C)CCOCC1)NC1CCC(SC)C1. The van der Waals surface area contributed by atoms with Crippen LogP contribution in [0.3, 0.4) is 0 Å². The van der Waals surface area contributed by atoms with Gasteiger partial charge < -0.3 is 15.4 Å². The van der Waals surface area contributed by atoms with Crippen molar-refractivity contribution in [3.63, 3.8) is 0 Å². The van der Waals surface area contributed by atoms with Crippen molar-refractivity contribution < 1.29 is 4.74 Å². The fourth-order valence-electron chi connectivity index (χ4n) is 4.40. The molecule has 26 heavy (non-hydrogen) atoms. The van der Waals surface area contributed by atoms with E-state index in [0.717, 1.165) is 43.8 Å². The molecule has 4 nitrogen and oxygen atoms in total. The predicted molar refractivity (Wildman–Crippen MR) is 112 cm³/mol. The molecule has 3 rings (SSSR count). The largest absolute Gasteiger partial charge is 0.381 e. The van der Waals surface area contributed by atoms with Gasteiger partial charge in [0.2, 0.25) is 0 Å². The van der Waals surface area contributed by atoms with Gasteiger partial charge in [0.25, 0.3) is 0 Å². The maximum absolute atomic E-state index is 5.68. The van der Waals surface area contributed by atoms with Crippen LogP contribution in [0.1, 0.15) is 43.2 Å². The maximum Gasteiger partial charge on any atom is 0.191 e. The molecule has 1 aromatic rings. The molecule has 1 aromatic carbocycles. The van der Waals surface area contributed by atoms with Gasteiger partial charge in [0.15, 0.2) is 5.96 Å². The van der Waals surface area contributed by atoms with E-state index in [0.29, 0.717) is 6.04 Å². The van der Waals surface area contributed by atoms with Gasteiger partial charge in [0.05, 0.1) is 0 Å². The quantitative estimate of drug-likeness (QED) is 0.611. The van der Waals surface area contributed by atoms with E-state index < -0.39 is 0 Å². The lowest BCUT2D eigenvalue weighted by molar-refractivity contribution is 0.0511. The van der Waals surface area contributed by atoms with Crippen LogP contribution in [0.25, 0.3) is 0 Å². The summed E-state index contributed by atoms with van der Waals surface area (Å²) < 4.78 is 5.68. The van der Waals surface area contributed by atoms with Crippen LogP contribution >= 0.6 is 11.8 Å². The Morgan fingerprint density at radius 1 is 1.27 bits per heavy atom. The zero-order valence-corrected chi connectivity index (χ0v) is 17.2. The molecular weight excluding hydrogens is 342 g/mol. The van der Waals surface area contributed by atoms with Gasteiger partial charge in [-0.25, -0.2) is 0 Å². The minimum Gasteiger partial charge on any atom is -0.381 e. The Morgan fingerprint density at radius 3 is 2.69 bits per heavy atom. The van der Waals surface area contributed by atoms with Crippen LogP contribution in [0.2, 0.25) is 0 Å². The lowest BCUT2D eigenvalue weighted by Gasteiger charge is -2.39. The Kier molecular flexibility index (Phi) is 6.87. The molecule has 2 N–H and O–H groups in total. The minimum absolute atomic E-state index is 0.124. The van der Waals surface area contributed by atoms with Gasteiger partial charge in [0.1, 0.15) is 0 Å². The summed E-state index contributed by atoms with van der Waals surface area (Å²) in [7, 11) is 1.88. The highest BCUT2D eigenvalue weighted by atomic mass is 32.2. The first kappa shape index (κ1) is 19.6. The van der Waals surface area contributed by atoms with Crippen molar-refractivity contribution in [3.05, 3.63) is 35.4 Å². The standard InChI is InChI=1S/C21H33N3OS/c1-16-6-4-5-7-19(16)21(10-12-25-13-11-21)15-23-20(22-2)24-17-8-9-18(14-17)26-3/h4-7,17-18H,8-15H2,1-3H3,(H2,22,23,24). The van der Waals surface area contributed by atoms with Crippen molar-refractivity contribution in [2.75, 3.05) is 33.1 Å². The summed E-state index contributed by atoms with van der Waals surface area (Å²) in [5.74, 6) is 0.941. The summed E-state index contributed by atoms with van der Waals surface area (Å²) in [6.45, 7) is 4.79. The van der Waals surface area contributed by atoms with Crippen LogP contribution in [-0.2, 0) is 10.2 Å². The number of hydrogen-bond donors (Lipinski definition) is 2. The summed E-state index contributed by atoms with van der Waals surface area (Å²) in [5.41, 5.74) is 2.95. The average molecular weight is 376 g/mol. The first-order valence-electron chi connectivity index (χ1n) is 9.81. The number of ether oxygens (including phenoxy) is 1. The van der Waals surface area contributed by atoms with E-state index in [1.807, 2.05) is 18.8 Å². The normalized spacial score (nSPS) is 25.9. The van der Waals surface area contributed by atoms with E-state index in [1.54, 1.807) is 0 Å². The van der Waals surface area contributed by atoms with E-state index in [1.165, 1.54) is 30.4 Å². The Morgan fingerprint density at radius 2 is 2.04 bits per heavy atom. The van der Waals surface area contributed by atoms with Crippen LogP contribution in [-0.4, -0.2) is 50.3 Å². The molecule has 0 bridgehead atoms. The third-order valence-corrected chi connectivity index (χ3v) is 7.14. The molecular formula is C21H33N3OS. The molecule has 2 atom stereocenters. The first-order chi connectivity index (χ1) is 12.7. The number of aliphatic imine (C=N–C) groups is 1. The second-order valence-corrected chi connectivity index (χ2v) is 8.78. The number of nitrogens with zero attached hydrogens (tertiary/aromatic N) is 1. The molecule has 1 saturated carbocycles. The van der Waals surface area contributed by atoms with Gasteiger partial charge in [-0.05, 0) is 56.4 Å². The number of rotatable bonds is 5. The van der Waals surface area contributed by atoms with Crippen molar-refractivity contribution in [2.45, 2.75) is 55.7 Å². The van der Waals surface area contributed by atoms with Crippen LogP contribution in [0.5, 0.6) is 0 Å². The van der Waals surface area contributed by atoms with Crippen molar-refractivity contribution >= 4 is 17.7 Å². The smallest absolute Gasteiger partial charge is 0.191 e. The van der Waals surface area contributed by atoms with Gasteiger partial charge in [-0.3, -0.25) is 4.99 Å². The second kappa shape index (κ2) is 9.14. The molecule has 2 aliphatic rings. The highest BCUT2D eigenvalue weighted by Crippen LogP contribution is 2.36. The molecule has 5 heteroatoms. The van der Waals surface area contributed by atoms with Crippen molar-refractivity contribution in [3.8, 4) is 0 Å². The summed E-state index contributed by atoms with van der Waals surface area (Å²) in [6.07, 6.45) is 8.11. The molecule has 2 unspecified atom stereocenters. The lowest BCUT2D eigenvalue weighted by atomic mass is 9.72. The molecule has 1 saturated heterocycles. The molecule has 1 aliphatic carbocycles. The van der Waals surface area contributed by atoms with Crippen molar-refractivity contribution in [2.24, 2.45) is 4.99 Å². The number of guanidine groups is 1. The molecule has 144 valence electrons. The Hall–Kier alpha value is -1.20. The van der Waals surface area contributed by atoms with Gasteiger partial charge in [-0.1, -0.05) is 24.3 Å². The van der Waals surface area contributed by atoms with Crippen LogP contribution in [0.15, 0.2) is 29.3 Å². The van der Waals surface area contributed by atoms with Crippen LogP contribution in [0.4, 0.5) is 0 Å². The third kappa shape index (κ3) is 4.55. The minimum atomic E-state index is 0.124. The summed E-state index contributed by atoms with van der Waals surface area (Å²) in [6, 6.07) is 9.34. The first-order valence-corrected chi connectivity index (χ1v) is 11.1. The Labute approximate surface area is 162 Å². The van der Waals surface area contributed by atoms with Crippen LogP contribution < -0.4 is 10.6 Å². The molecule has 0 amide bonds. The van der Waals surface area contributed by atoms with Gasteiger partial charge in [-0.15, -0.1) is 0 Å². The van der Waals surface area contributed by atoms with Crippen molar-refractivity contribution in [1.82, 2.24) is 10.6 Å². The topological polar surface area (TPSA) is 45.7 Å². The van der Waals surface area contributed by atoms with E-state index in [-0.39, 0.29) is 5.41 Å². The molecule has 2 fully saturated rings. The highest BCUT2D eigenvalue weighted by molar-refractivity contribution is 7.99. The molecule has 1 aliphatic heterocycles. The molecule has 1 heterocycles. The molecule has 0 aromatic heterocycles. The van der Waals surface area contributed by atoms with Gasteiger partial charge in [0, 0.05) is 43.5 Å². The number of hydrogen-bond acceptors (Lipinski definition) is 3. The zero-order chi connectivity index (χ0) is 18.4. The Bertz CT molecular complexity index is 613. The van der Waals surface area contributed by atoms with E-state index in [2.05, 4.69) is 53.1 Å². The maximum atomic E-state index is 5.68. The highest BCUT2D eigenvalue weighted by Gasteiger charge is 2.36. The average Bonchev–Trinajstić information content (AvgIpc) is 3.14. The monoisotopic (exact) mass is 375 g/mol. The van der Waals surface area contributed by atoms with Crippen molar-refractivity contribution in [1.29, 1.82) is 0 Å². The third-order valence-electron chi connectivity index (χ3n) is 6.04. The van der Waals surface area contributed by atoms with E-state index in [9.17, 15) is 0 Å². The van der Waals surface area contributed by atoms with Gasteiger partial charge in [-0.2, -0.15) is 11.8 Å². The predicted octanol–water partition coefficient (Wildman–Crippen LogP) is 3.49.